The lowest BCUT2D eigenvalue weighted by atomic mass is 9.97. The van der Waals surface area contributed by atoms with E-state index >= 15 is 0 Å². The number of rotatable bonds is 4. The van der Waals surface area contributed by atoms with E-state index in [4.69, 9.17) is 5.11 Å². The molecule has 0 aromatic carbocycles. The van der Waals surface area contributed by atoms with Gasteiger partial charge in [-0.3, -0.25) is 9.59 Å². The summed E-state index contributed by atoms with van der Waals surface area (Å²) in [5.41, 5.74) is 0. The van der Waals surface area contributed by atoms with Crippen LogP contribution in [0, 0.1) is 5.92 Å². The molecular formula is C11H21NO3. The van der Waals surface area contributed by atoms with Crippen LogP contribution in [-0.2, 0) is 9.59 Å². The highest BCUT2D eigenvalue weighted by molar-refractivity contribution is 5.80. The molecule has 88 valence electrons. The van der Waals surface area contributed by atoms with Crippen molar-refractivity contribution in [3.63, 3.8) is 0 Å². The first-order valence-corrected chi connectivity index (χ1v) is 5.15. The predicted molar refractivity (Wildman–Crippen MR) is 58.6 cm³/mol. The van der Waals surface area contributed by atoms with Gasteiger partial charge in [-0.1, -0.05) is 20.8 Å². The minimum Gasteiger partial charge on any atom is -0.481 e. The first-order valence-electron chi connectivity index (χ1n) is 5.15. The van der Waals surface area contributed by atoms with Crippen molar-refractivity contribution >= 4 is 11.9 Å². The number of amides is 1. The van der Waals surface area contributed by atoms with Crippen molar-refractivity contribution in [2.75, 3.05) is 13.1 Å². The Morgan fingerprint density at radius 2 is 2.27 bits per heavy atom. The zero-order valence-electron chi connectivity index (χ0n) is 8.53. The van der Waals surface area contributed by atoms with Crippen LogP contribution < -0.4 is 0 Å². The number of aliphatic carboxylic acids is 1. The summed E-state index contributed by atoms with van der Waals surface area (Å²) in [7, 11) is 0. The smallest absolute Gasteiger partial charge is 0.308 e. The zero-order chi connectivity index (χ0) is 10.6. The van der Waals surface area contributed by atoms with E-state index in [2.05, 4.69) is 6.92 Å². The molecule has 0 aromatic rings. The van der Waals surface area contributed by atoms with Gasteiger partial charge >= 0.3 is 5.97 Å². The Bertz CT molecular complexity index is 228. The van der Waals surface area contributed by atoms with Crippen molar-refractivity contribution in [2.24, 2.45) is 5.92 Å². The minimum absolute atomic E-state index is 0. The summed E-state index contributed by atoms with van der Waals surface area (Å²) >= 11 is 0. The van der Waals surface area contributed by atoms with E-state index in [1.807, 2.05) is 0 Å². The van der Waals surface area contributed by atoms with Crippen molar-refractivity contribution in [1.82, 2.24) is 4.90 Å². The van der Waals surface area contributed by atoms with Crippen LogP contribution in [0.1, 0.15) is 40.0 Å². The molecule has 1 saturated heterocycles. The molecule has 15 heavy (non-hydrogen) atoms. The minimum atomic E-state index is -0.779. The molecule has 0 saturated carbocycles. The quantitative estimate of drug-likeness (QED) is 0.777. The zero-order valence-corrected chi connectivity index (χ0v) is 8.53. The van der Waals surface area contributed by atoms with E-state index in [0.29, 0.717) is 25.9 Å². The fourth-order valence-electron chi connectivity index (χ4n) is 1.68. The topological polar surface area (TPSA) is 57.6 Å². The maximum atomic E-state index is 11.4. The van der Waals surface area contributed by atoms with E-state index in [1.54, 1.807) is 4.90 Å². The molecule has 4 nitrogen and oxygen atoms in total. The van der Waals surface area contributed by atoms with Crippen LogP contribution in [0.4, 0.5) is 0 Å². The summed E-state index contributed by atoms with van der Waals surface area (Å²) in [5.74, 6) is -1.03. The number of carboxylic acids is 1. The molecule has 4 heteroatoms. The molecule has 0 radical (unpaired) electrons. The van der Waals surface area contributed by atoms with Gasteiger partial charge in [-0.2, -0.15) is 0 Å². The Morgan fingerprint density at radius 1 is 1.60 bits per heavy atom. The van der Waals surface area contributed by atoms with Crippen LogP contribution >= 0.6 is 0 Å². The SMILES string of the molecule is C.CCCCN1CC(C(=O)O)CCC1=O. The number of carbonyl (C=O) groups is 2. The second-order valence-corrected chi connectivity index (χ2v) is 3.77. The summed E-state index contributed by atoms with van der Waals surface area (Å²) in [4.78, 5) is 23.8. The third kappa shape index (κ3) is 3.90. The van der Waals surface area contributed by atoms with Gasteiger partial charge in [0.1, 0.15) is 0 Å². The average Bonchev–Trinajstić information content (AvgIpc) is 2.16. The second kappa shape index (κ2) is 6.43. The van der Waals surface area contributed by atoms with E-state index in [-0.39, 0.29) is 19.3 Å². The molecule has 1 fully saturated rings. The number of likely N-dealkylation sites (tertiary alicyclic amines) is 1. The maximum absolute atomic E-state index is 11.4. The molecule has 1 amide bonds. The molecule has 0 spiro atoms. The fourth-order valence-corrected chi connectivity index (χ4v) is 1.68. The summed E-state index contributed by atoms with van der Waals surface area (Å²) in [5, 5.41) is 8.83. The van der Waals surface area contributed by atoms with Gasteiger partial charge in [0.15, 0.2) is 0 Å². The number of carbonyl (C=O) groups excluding carboxylic acids is 1. The molecule has 1 atom stereocenters. The molecule has 1 rings (SSSR count). The summed E-state index contributed by atoms with van der Waals surface area (Å²) in [6.07, 6.45) is 2.87. The molecule has 0 aromatic heterocycles. The molecular weight excluding hydrogens is 194 g/mol. The lowest BCUT2D eigenvalue weighted by molar-refractivity contribution is -0.147. The number of hydrogen-bond donors (Lipinski definition) is 1. The Balaban J connectivity index is 0.00000196. The largest absolute Gasteiger partial charge is 0.481 e. The standard InChI is InChI=1S/C10H17NO3.CH4/c1-2-3-6-11-7-8(10(13)14)4-5-9(11)12;/h8H,2-7H2,1H3,(H,13,14);1H4. The molecule has 0 aliphatic carbocycles. The summed E-state index contributed by atoms with van der Waals surface area (Å²) in [6, 6.07) is 0. The van der Waals surface area contributed by atoms with Crippen LogP contribution in [0.15, 0.2) is 0 Å². The molecule has 0 bridgehead atoms. The highest BCUT2D eigenvalue weighted by Crippen LogP contribution is 2.18. The highest BCUT2D eigenvalue weighted by Gasteiger charge is 2.29. The van der Waals surface area contributed by atoms with Gasteiger partial charge in [-0.05, 0) is 12.8 Å². The van der Waals surface area contributed by atoms with Crippen molar-refractivity contribution < 1.29 is 14.7 Å². The average molecular weight is 215 g/mol. The monoisotopic (exact) mass is 215 g/mol. The molecule has 1 heterocycles. The Labute approximate surface area is 91.3 Å². The van der Waals surface area contributed by atoms with Crippen molar-refractivity contribution in [1.29, 1.82) is 0 Å². The lowest BCUT2D eigenvalue weighted by Crippen LogP contribution is -2.42. The first-order chi connectivity index (χ1) is 6.65. The maximum Gasteiger partial charge on any atom is 0.308 e. The third-order valence-electron chi connectivity index (χ3n) is 2.63. The van der Waals surface area contributed by atoms with Gasteiger partial charge in [-0.25, -0.2) is 0 Å². The Kier molecular flexibility index (Phi) is 5.97. The van der Waals surface area contributed by atoms with Gasteiger partial charge in [0.2, 0.25) is 5.91 Å². The van der Waals surface area contributed by atoms with Crippen LogP contribution in [-0.4, -0.2) is 35.0 Å². The summed E-state index contributed by atoms with van der Waals surface area (Å²) in [6.45, 7) is 3.16. The van der Waals surface area contributed by atoms with Crippen molar-refractivity contribution in [2.45, 2.75) is 40.0 Å². The van der Waals surface area contributed by atoms with E-state index in [9.17, 15) is 9.59 Å². The molecule has 1 unspecified atom stereocenters. The Morgan fingerprint density at radius 3 is 2.80 bits per heavy atom. The first kappa shape index (κ1) is 13.9. The molecule has 1 aliphatic heterocycles. The van der Waals surface area contributed by atoms with Gasteiger partial charge < -0.3 is 10.0 Å². The highest BCUT2D eigenvalue weighted by atomic mass is 16.4. The number of hydrogen-bond acceptors (Lipinski definition) is 2. The van der Waals surface area contributed by atoms with Crippen LogP contribution in [0.2, 0.25) is 0 Å². The van der Waals surface area contributed by atoms with Crippen LogP contribution in [0.5, 0.6) is 0 Å². The van der Waals surface area contributed by atoms with Crippen molar-refractivity contribution in [3.8, 4) is 0 Å². The summed E-state index contributed by atoms with van der Waals surface area (Å²) < 4.78 is 0. The number of nitrogens with zero attached hydrogens (tertiary/aromatic N) is 1. The van der Waals surface area contributed by atoms with Gasteiger partial charge in [-0.15, -0.1) is 0 Å². The van der Waals surface area contributed by atoms with Crippen molar-refractivity contribution in [3.05, 3.63) is 0 Å². The number of piperidine rings is 1. The fraction of sp³-hybridized carbons (Fsp3) is 0.818. The molecule has 1 aliphatic rings. The van der Waals surface area contributed by atoms with Gasteiger partial charge in [0.05, 0.1) is 5.92 Å². The Hall–Kier alpha value is -1.06. The predicted octanol–water partition coefficient (Wildman–Crippen LogP) is 1.75. The number of unbranched alkanes of at least 4 members (excludes halogenated alkanes) is 1. The number of carboxylic acid groups (broad SMARTS) is 1. The third-order valence-corrected chi connectivity index (χ3v) is 2.63. The second-order valence-electron chi connectivity index (χ2n) is 3.77. The molecule has 1 N–H and O–H groups in total. The van der Waals surface area contributed by atoms with E-state index in [0.717, 1.165) is 12.8 Å². The van der Waals surface area contributed by atoms with Crippen LogP contribution in [0.25, 0.3) is 0 Å². The van der Waals surface area contributed by atoms with Gasteiger partial charge in [0.25, 0.3) is 0 Å². The van der Waals surface area contributed by atoms with Crippen LogP contribution in [0.3, 0.4) is 0 Å². The normalized spacial score (nSPS) is 21.0. The lowest BCUT2D eigenvalue weighted by Gasteiger charge is -2.30. The van der Waals surface area contributed by atoms with E-state index < -0.39 is 5.97 Å². The van der Waals surface area contributed by atoms with E-state index in [1.165, 1.54) is 0 Å². The van der Waals surface area contributed by atoms with Gasteiger partial charge in [0, 0.05) is 19.5 Å².